The van der Waals surface area contributed by atoms with Crippen molar-refractivity contribution in [3.8, 4) is 5.88 Å². The Morgan fingerprint density at radius 3 is 2.68 bits per heavy atom. The van der Waals surface area contributed by atoms with Crippen LogP contribution in [0.1, 0.15) is 68.0 Å². The molecule has 0 spiro atoms. The Hall–Kier alpha value is -3.49. The Kier molecular flexibility index (Phi) is 6.41. The summed E-state index contributed by atoms with van der Waals surface area (Å²) in [7, 11) is 1.52. The second-order valence-corrected chi connectivity index (χ2v) is 11.1. The molecule has 1 aromatic carbocycles. The molecular formula is C28H32FN3O5. The fraction of sp³-hybridized carbons (Fsp3) is 0.500. The zero-order valence-electron chi connectivity index (χ0n) is 21.3. The molecule has 196 valence electrons. The minimum atomic E-state index is -0.933. The smallest absolute Gasteiger partial charge is 0.306 e. The van der Waals surface area contributed by atoms with E-state index in [9.17, 15) is 14.4 Å². The predicted octanol–water partition coefficient (Wildman–Crippen LogP) is 4.02. The third kappa shape index (κ3) is 4.67. The lowest BCUT2D eigenvalue weighted by Gasteiger charge is -2.38. The number of pyridine rings is 1. The molecule has 2 aromatic rings. The summed E-state index contributed by atoms with van der Waals surface area (Å²) < 4.78 is 20.3. The zero-order chi connectivity index (χ0) is 26.5. The molecule has 0 saturated heterocycles. The highest BCUT2D eigenvalue weighted by atomic mass is 19.1. The number of benzene rings is 1. The van der Waals surface area contributed by atoms with E-state index < -0.39 is 23.8 Å². The Labute approximate surface area is 215 Å². The van der Waals surface area contributed by atoms with Crippen LogP contribution in [0.25, 0.3) is 0 Å². The lowest BCUT2D eigenvalue weighted by atomic mass is 9.73. The molecule has 3 aliphatic rings. The van der Waals surface area contributed by atoms with Gasteiger partial charge in [0.2, 0.25) is 11.8 Å². The van der Waals surface area contributed by atoms with Crippen molar-refractivity contribution in [3.63, 3.8) is 0 Å². The van der Waals surface area contributed by atoms with Gasteiger partial charge in [-0.25, -0.2) is 9.37 Å². The van der Waals surface area contributed by atoms with Crippen molar-refractivity contribution >= 4 is 23.5 Å². The van der Waals surface area contributed by atoms with Gasteiger partial charge < -0.3 is 20.1 Å². The minimum Gasteiger partial charge on any atom is -0.481 e. The van der Waals surface area contributed by atoms with Gasteiger partial charge in [-0.1, -0.05) is 13.8 Å². The number of hydrogen-bond acceptors (Lipinski definition) is 5. The van der Waals surface area contributed by atoms with Gasteiger partial charge >= 0.3 is 5.97 Å². The van der Waals surface area contributed by atoms with Gasteiger partial charge in [-0.05, 0) is 66.3 Å². The maximum absolute atomic E-state index is 15.1. The molecule has 5 rings (SSSR count). The second kappa shape index (κ2) is 9.43. The number of methoxy groups -OCH3 is 1. The normalized spacial score (nSPS) is 23.5. The van der Waals surface area contributed by atoms with E-state index in [4.69, 9.17) is 9.84 Å². The number of aryl methyl sites for hydroxylation is 1. The summed E-state index contributed by atoms with van der Waals surface area (Å²) in [6.45, 7) is 4.33. The third-order valence-electron chi connectivity index (χ3n) is 8.14. The van der Waals surface area contributed by atoms with Crippen molar-refractivity contribution in [2.45, 2.75) is 63.8 Å². The third-order valence-corrected chi connectivity index (χ3v) is 8.14. The highest BCUT2D eigenvalue weighted by molar-refractivity contribution is 5.98. The van der Waals surface area contributed by atoms with Gasteiger partial charge in [-0.15, -0.1) is 0 Å². The predicted molar refractivity (Wildman–Crippen MR) is 134 cm³/mol. The van der Waals surface area contributed by atoms with Gasteiger partial charge in [0.05, 0.1) is 18.7 Å². The summed E-state index contributed by atoms with van der Waals surface area (Å²) in [4.78, 5) is 44.2. The van der Waals surface area contributed by atoms with Crippen LogP contribution in [0.4, 0.5) is 10.1 Å². The van der Waals surface area contributed by atoms with Gasteiger partial charge in [0, 0.05) is 36.7 Å². The van der Waals surface area contributed by atoms with Crippen LogP contribution in [0.5, 0.6) is 5.88 Å². The van der Waals surface area contributed by atoms with E-state index in [0.717, 1.165) is 18.4 Å². The Balaban J connectivity index is 1.41. The van der Waals surface area contributed by atoms with Crippen molar-refractivity contribution < 1.29 is 28.6 Å². The Morgan fingerprint density at radius 2 is 1.97 bits per heavy atom. The number of carboxylic acid groups (broad SMARTS) is 1. The van der Waals surface area contributed by atoms with Crippen LogP contribution >= 0.6 is 0 Å². The van der Waals surface area contributed by atoms with Gasteiger partial charge in [0.1, 0.15) is 11.9 Å². The number of aliphatic carboxylic acids is 1. The van der Waals surface area contributed by atoms with Crippen molar-refractivity contribution in [3.05, 3.63) is 52.5 Å². The first-order valence-electron chi connectivity index (χ1n) is 12.8. The van der Waals surface area contributed by atoms with E-state index in [0.29, 0.717) is 54.2 Å². The molecular weight excluding hydrogens is 477 g/mol. The molecule has 0 unspecified atom stereocenters. The van der Waals surface area contributed by atoms with Crippen LogP contribution in [-0.4, -0.2) is 46.4 Å². The molecule has 37 heavy (non-hydrogen) atoms. The number of halogens is 1. The van der Waals surface area contributed by atoms with Gasteiger partial charge in [0.25, 0.3) is 5.91 Å². The molecule has 1 atom stereocenters. The van der Waals surface area contributed by atoms with Crippen molar-refractivity contribution in [1.29, 1.82) is 0 Å². The summed E-state index contributed by atoms with van der Waals surface area (Å²) in [6, 6.07) is 5.66. The number of fused-ring (bicyclic) bond motifs is 2. The number of carboxylic acids is 1. The van der Waals surface area contributed by atoms with E-state index in [-0.39, 0.29) is 29.5 Å². The van der Waals surface area contributed by atoms with Gasteiger partial charge in [0.15, 0.2) is 0 Å². The minimum absolute atomic E-state index is 0.0122. The lowest BCUT2D eigenvalue weighted by molar-refractivity contribution is -0.149. The number of nitrogens with zero attached hydrogens (tertiary/aromatic N) is 2. The number of amides is 2. The number of nitrogens with one attached hydrogen (secondary N) is 1. The maximum atomic E-state index is 15.1. The Bertz CT molecular complexity index is 1270. The first kappa shape index (κ1) is 25.2. The van der Waals surface area contributed by atoms with Crippen molar-refractivity contribution in [2.75, 3.05) is 19.0 Å². The van der Waals surface area contributed by atoms with Crippen molar-refractivity contribution in [2.24, 2.45) is 11.8 Å². The fourth-order valence-electron chi connectivity index (χ4n) is 6.07. The van der Waals surface area contributed by atoms with Crippen LogP contribution in [0.2, 0.25) is 0 Å². The second-order valence-electron chi connectivity index (χ2n) is 11.1. The topological polar surface area (TPSA) is 109 Å². The van der Waals surface area contributed by atoms with E-state index in [1.165, 1.54) is 13.2 Å². The maximum Gasteiger partial charge on any atom is 0.306 e. The van der Waals surface area contributed by atoms with E-state index in [1.807, 2.05) is 19.9 Å². The average Bonchev–Trinajstić information content (AvgIpc) is 3.13. The van der Waals surface area contributed by atoms with E-state index >= 15 is 4.39 Å². The molecule has 1 aliphatic heterocycles. The number of anilines is 1. The van der Waals surface area contributed by atoms with Crippen LogP contribution in [0, 0.1) is 17.7 Å². The first-order valence-corrected chi connectivity index (χ1v) is 12.8. The van der Waals surface area contributed by atoms with Crippen molar-refractivity contribution in [1.82, 2.24) is 9.88 Å². The largest absolute Gasteiger partial charge is 0.481 e. The zero-order valence-corrected chi connectivity index (χ0v) is 21.3. The molecule has 1 fully saturated rings. The molecule has 0 radical (unpaired) electrons. The monoisotopic (exact) mass is 509 g/mol. The summed E-state index contributed by atoms with van der Waals surface area (Å²) in [5.74, 6) is -1.80. The number of carbonyl (C=O) groups excluding carboxylic acids is 2. The molecule has 8 nitrogen and oxygen atoms in total. The van der Waals surface area contributed by atoms with Gasteiger partial charge in [-0.2, -0.15) is 0 Å². The van der Waals surface area contributed by atoms with Crippen LogP contribution in [-0.2, 0) is 32.6 Å². The summed E-state index contributed by atoms with van der Waals surface area (Å²) in [5, 5.41) is 12.0. The number of hydrogen-bond donors (Lipinski definition) is 2. The highest BCUT2D eigenvalue weighted by Gasteiger charge is 2.41. The number of rotatable bonds is 6. The van der Waals surface area contributed by atoms with E-state index in [1.54, 1.807) is 17.0 Å². The Morgan fingerprint density at radius 1 is 1.22 bits per heavy atom. The van der Waals surface area contributed by atoms with Crippen LogP contribution < -0.4 is 10.1 Å². The molecule has 2 amide bonds. The standard InChI is InChI=1S/C28H32FN3O5/c1-28(2)8-6-16-13-18(14-20(29)24(16)28)30-26(34)25-19-4-5-22(37-3)31-21(19)7-9-32(25)23(33)12-15-10-17(11-15)27(35)36/h4-5,13-15,17,25H,6-12H2,1-3H3,(H,30,34)(H,35,36)/t15?,17?,25-/m1/s1. The molecule has 1 saturated carbocycles. The average molecular weight is 510 g/mol. The van der Waals surface area contributed by atoms with Crippen LogP contribution in [0.3, 0.4) is 0 Å². The lowest BCUT2D eigenvalue weighted by Crippen LogP contribution is -2.47. The molecule has 0 bridgehead atoms. The summed E-state index contributed by atoms with van der Waals surface area (Å²) in [5.41, 5.74) is 2.99. The fourth-order valence-corrected chi connectivity index (χ4v) is 6.07. The number of carbonyl (C=O) groups is 3. The SMILES string of the molecule is COc1ccc2c(n1)CCN(C(=O)CC1CC(C(=O)O)C1)[C@H]2C(=O)Nc1cc(F)c2c(c1)CCC2(C)C. The quantitative estimate of drug-likeness (QED) is 0.609. The van der Waals surface area contributed by atoms with Crippen LogP contribution in [0.15, 0.2) is 24.3 Å². The highest BCUT2D eigenvalue weighted by Crippen LogP contribution is 2.42. The van der Waals surface area contributed by atoms with E-state index in [2.05, 4.69) is 10.3 Å². The number of aromatic nitrogens is 1. The summed E-state index contributed by atoms with van der Waals surface area (Å²) in [6.07, 6.45) is 3.16. The van der Waals surface area contributed by atoms with Gasteiger partial charge in [-0.3, -0.25) is 14.4 Å². The molecule has 2 heterocycles. The molecule has 1 aromatic heterocycles. The summed E-state index contributed by atoms with van der Waals surface area (Å²) >= 11 is 0. The molecule has 2 aliphatic carbocycles. The molecule has 2 N–H and O–H groups in total. The first-order chi connectivity index (χ1) is 17.6. The number of ether oxygens (including phenoxy) is 1. The molecule has 9 heteroatoms.